The van der Waals surface area contributed by atoms with E-state index < -0.39 is 16.8 Å². The molecule has 0 amide bonds. The Balaban J connectivity index is 0.000000174. The Kier molecular flexibility index (Phi) is 36.8. The fraction of sp³-hybridized carbons (Fsp3) is 0.466. The average Bonchev–Trinajstić information content (AvgIpc) is 1.39. The van der Waals surface area contributed by atoms with Crippen LogP contribution in [0.25, 0.3) is 53.9 Å². The van der Waals surface area contributed by atoms with E-state index in [0.717, 1.165) is 65.5 Å². The van der Waals surface area contributed by atoms with Gasteiger partial charge in [-0.15, -0.1) is 56.7 Å². The van der Waals surface area contributed by atoms with E-state index in [0.29, 0.717) is 0 Å². The number of thiophene rings is 5. The molecule has 0 aliphatic rings. The Morgan fingerprint density at radius 3 is 0.945 bits per heavy atom. The number of hydrogen-bond donors (Lipinski definition) is 5. The largest absolute Gasteiger partial charge is 0.484 e. The minimum absolute atomic E-state index is 0.0164. The van der Waals surface area contributed by atoms with Crippen LogP contribution in [0.4, 0.5) is 0 Å². The van der Waals surface area contributed by atoms with Gasteiger partial charge < -0.3 is 50.3 Å². The second-order valence-corrected chi connectivity index (χ2v) is 53.4. The molecule has 786 valence electrons. The van der Waals surface area contributed by atoms with Crippen LogP contribution in [0.5, 0.6) is 28.7 Å². The molecule has 10 aromatic carbocycles. The number of rotatable bonds is 30. The van der Waals surface area contributed by atoms with E-state index in [9.17, 15) is 0 Å². The van der Waals surface area contributed by atoms with Gasteiger partial charge in [0.05, 0.1) is 14.6 Å². The zero-order valence-corrected chi connectivity index (χ0v) is 101. The van der Waals surface area contributed by atoms with Crippen LogP contribution in [0.15, 0.2) is 199 Å². The fourth-order valence-corrected chi connectivity index (χ4v) is 26.8. The van der Waals surface area contributed by atoms with Crippen molar-refractivity contribution < 1.29 is 23.7 Å². The molecule has 146 heavy (non-hydrogen) atoms. The minimum Gasteiger partial charge on any atom is -0.484 e. The summed E-state index contributed by atoms with van der Waals surface area (Å²) in [5.41, 5.74) is 16.1. The van der Waals surface area contributed by atoms with Crippen LogP contribution < -0.4 is 50.3 Å². The molecule has 5 aromatic heterocycles. The molecule has 0 spiro atoms. The summed E-state index contributed by atoms with van der Waals surface area (Å²) in [6, 6.07) is 65.8. The van der Waals surface area contributed by atoms with Crippen LogP contribution in [0.2, 0.25) is 0 Å². The van der Waals surface area contributed by atoms with Gasteiger partial charge >= 0.3 is 0 Å². The molecule has 5 atom stereocenters. The van der Waals surface area contributed by atoms with Gasteiger partial charge in [-0.2, -0.15) is 0 Å². The van der Waals surface area contributed by atoms with E-state index in [4.69, 9.17) is 23.7 Å². The number of aryl methyl sites for hydroxylation is 7. The fourth-order valence-electron chi connectivity index (χ4n) is 20.9. The quantitative estimate of drug-likeness (QED) is 0.0299. The third-order valence-electron chi connectivity index (χ3n) is 33.6. The van der Waals surface area contributed by atoms with E-state index >= 15 is 0 Å². The molecule has 0 aliphatic heterocycles. The van der Waals surface area contributed by atoms with Crippen molar-refractivity contribution in [1.82, 2.24) is 26.6 Å². The summed E-state index contributed by atoms with van der Waals surface area (Å²) in [4.78, 5) is 10.6. The van der Waals surface area contributed by atoms with Gasteiger partial charge in [0, 0.05) is 114 Å². The molecule has 0 bridgehead atoms. The zero-order chi connectivity index (χ0) is 108. The first-order chi connectivity index (χ1) is 67.9. The van der Waals surface area contributed by atoms with Crippen molar-refractivity contribution in [2.75, 3.05) is 27.2 Å². The standard InChI is InChI=1S/C30H43NOS.C29H41NOS.C26H35NOS.C25H33NOS.C21H25NOS/c1-19-17-18-25(24-16-14-13-15-23(19)24)32-30(12,26-21(3)20(2)22(4)33-26)28(8,9)29(10,11)31-27(5,6)7;1-19-20(2)25(32-21(19)3)29(11,27(7,8)28(9,10)30-26(4,5)6)31-24-18-14-16-22-15-12-13-17-23(22)24;1-17-18(2)23(29-19(17)3)26(8,24(4,5)25(6,7)27-9)28-22-16-12-14-20-13-10-11-15-21(20)22;1-14-15(2)19(6)24-23(17(14)4)18(5)16(3)20(7)25(24)27-21(11-12-26-8)22-10-9-13-28-22;1-21(2,3)22-14-13-19(20-12-7-15-24-20)23-18-11-6-9-16-8-4-5-10-17(16)18/h13-18,31H,1-12H3;12-18,30H,1-11H3;10-16,27H,1-9H3;9-10,13,21,26H,11-12H2,1-8H3;4-12,15,19,22H,13-14H2,1-3H3/t30-;29-;26-;;/m111../s1. The van der Waals surface area contributed by atoms with Crippen LogP contribution in [-0.4, -0.2) is 60.4 Å². The first-order valence-electron chi connectivity index (χ1n) is 52.7. The van der Waals surface area contributed by atoms with E-state index in [1.807, 2.05) is 48.1 Å². The lowest BCUT2D eigenvalue weighted by molar-refractivity contribution is -0.0829. The number of hydrogen-bond acceptors (Lipinski definition) is 15. The molecular weight excluding hydrogens is 1880 g/mol. The van der Waals surface area contributed by atoms with Gasteiger partial charge in [-0.25, -0.2) is 0 Å². The van der Waals surface area contributed by atoms with Crippen molar-refractivity contribution in [3.05, 3.63) is 316 Å². The Morgan fingerprint density at radius 2 is 0.596 bits per heavy atom. The predicted molar refractivity (Wildman–Crippen MR) is 642 cm³/mol. The number of ether oxygens (including phenoxy) is 5. The third-order valence-corrected chi connectivity index (χ3v) is 40.1. The van der Waals surface area contributed by atoms with Crippen LogP contribution in [0.3, 0.4) is 0 Å². The molecule has 0 radical (unpaired) electrons. The summed E-state index contributed by atoms with van der Waals surface area (Å²) >= 11 is 9.18. The van der Waals surface area contributed by atoms with Crippen LogP contribution in [0.1, 0.15) is 308 Å². The maximum absolute atomic E-state index is 7.24. The molecule has 5 heterocycles. The normalized spacial score (nSPS) is 14.2. The van der Waals surface area contributed by atoms with Gasteiger partial charge in [0.25, 0.3) is 0 Å². The minimum atomic E-state index is -0.555. The lowest BCUT2D eigenvalue weighted by Crippen LogP contribution is -2.65. The first kappa shape index (κ1) is 117. The summed E-state index contributed by atoms with van der Waals surface area (Å²) in [6.45, 7) is 94.5. The molecular formula is C131H177N5O5S5. The average molecular weight is 2060 g/mol. The summed E-state index contributed by atoms with van der Waals surface area (Å²) in [5.74, 6) is 4.85. The second kappa shape index (κ2) is 45.9. The molecule has 2 unspecified atom stereocenters. The van der Waals surface area contributed by atoms with Gasteiger partial charge in [0.1, 0.15) is 57.8 Å². The van der Waals surface area contributed by atoms with E-state index in [-0.39, 0.29) is 61.7 Å². The Bertz CT molecular complexity index is 6990. The van der Waals surface area contributed by atoms with Crippen molar-refractivity contribution in [2.45, 2.75) is 359 Å². The van der Waals surface area contributed by atoms with Crippen molar-refractivity contribution in [2.24, 2.45) is 16.2 Å². The smallest absolute Gasteiger partial charge is 0.147 e. The molecule has 0 saturated heterocycles. The molecule has 0 fully saturated rings. The predicted octanol–water partition coefficient (Wildman–Crippen LogP) is 36.7. The molecule has 15 heteroatoms. The highest BCUT2D eigenvalue weighted by Gasteiger charge is 2.59. The van der Waals surface area contributed by atoms with Gasteiger partial charge in [0.2, 0.25) is 0 Å². The van der Waals surface area contributed by atoms with Crippen LogP contribution >= 0.6 is 56.7 Å². The van der Waals surface area contributed by atoms with Gasteiger partial charge in [-0.1, -0.05) is 193 Å². The molecule has 15 rings (SSSR count). The second-order valence-electron chi connectivity index (χ2n) is 47.8. The summed E-state index contributed by atoms with van der Waals surface area (Å²) in [6.07, 6.45) is 2.04. The Morgan fingerprint density at radius 1 is 0.274 bits per heavy atom. The maximum Gasteiger partial charge on any atom is 0.147 e. The molecule has 0 saturated carbocycles. The third kappa shape index (κ3) is 24.7. The van der Waals surface area contributed by atoms with Crippen LogP contribution in [-0.2, 0) is 16.8 Å². The van der Waals surface area contributed by atoms with Crippen LogP contribution in [0, 0.1) is 134 Å². The van der Waals surface area contributed by atoms with Gasteiger partial charge in [-0.05, 0) is 421 Å². The topological polar surface area (TPSA) is 106 Å². The highest BCUT2D eigenvalue weighted by molar-refractivity contribution is 7.13. The zero-order valence-electron chi connectivity index (χ0n) is 97.1. The van der Waals surface area contributed by atoms with Crippen molar-refractivity contribution >= 4 is 111 Å². The van der Waals surface area contributed by atoms with E-state index in [2.05, 4.69) is 509 Å². The molecule has 5 N–H and O–H groups in total. The highest BCUT2D eigenvalue weighted by Crippen LogP contribution is 2.59. The van der Waals surface area contributed by atoms with Crippen molar-refractivity contribution in [3.8, 4) is 28.7 Å². The van der Waals surface area contributed by atoms with E-state index in [1.165, 1.54) is 160 Å². The lowest BCUT2D eigenvalue weighted by Gasteiger charge is -2.55. The lowest BCUT2D eigenvalue weighted by atomic mass is 9.62. The first-order valence-corrected chi connectivity index (χ1v) is 56.9. The maximum atomic E-state index is 7.24. The van der Waals surface area contributed by atoms with E-state index in [1.54, 1.807) is 22.7 Å². The van der Waals surface area contributed by atoms with Gasteiger partial charge in [-0.3, -0.25) is 0 Å². The number of benzene rings is 10. The monoisotopic (exact) mass is 2060 g/mol. The Hall–Kier alpha value is -9.20. The highest BCUT2D eigenvalue weighted by atomic mass is 32.1. The SMILES string of the molecule is CC(C)(C)NCCC(Oc1cccc2ccccc12)c1cccs1.CNC(C)(C)C(C)(C)[C@](C)(Oc1cccc2ccccc12)c1sc(C)c(C)c1C.CNCCC(Oc1c(C)c(C)c(C)c2c(C)c(C)c(C)c(C)c12)c1cccs1.Cc1sc([C@@](C)(Oc2ccc(C)c3ccccc23)C(C)(C)C(C)(C)NC(C)(C)C)c(C)c1C.Cc1sc([C@@](C)(Oc2cccc3ccccc23)C(C)(C)C(C)(C)NC(C)(C)C)c(C)c1C. The molecule has 10 nitrogen and oxygen atoms in total. The molecule has 15 aromatic rings. The van der Waals surface area contributed by atoms with Crippen molar-refractivity contribution in [1.29, 1.82) is 0 Å². The number of nitrogens with one attached hydrogen (secondary N) is 5. The summed E-state index contributed by atoms with van der Waals surface area (Å²) in [7, 11) is 4.04. The summed E-state index contributed by atoms with van der Waals surface area (Å²) < 4.78 is 34.8. The van der Waals surface area contributed by atoms with Crippen molar-refractivity contribution in [3.63, 3.8) is 0 Å². The Labute approximate surface area is 900 Å². The summed E-state index contributed by atoms with van der Waals surface area (Å²) in [5, 5.41) is 34.6. The number of fused-ring (bicyclic) bond motifs is 5. The van der Waals surface area contributed by atoms with Gasteiger partial charge in [0.15, 0.2) is 0 Å². The molecule has 0 aliphatic carbocycles.